The molecular weight excluding hydrogens is 492 g/mol. The van der Waals surface area contributed by atoms with Crippen LogP contribution in [-0.2, 0) is 20.9 Å². The van der Waals surface area contributed by atoms with Crippen molar-refractivity contribution in [3.63, 3.8) is 0 Å². The van der Waals surface area contributed by atoms with Gasteiger partial charge in [-0.25, -0.2) is 4.79 Å². The molecule has 1 aliphatic carbocycles. The number of carbonyl (C=O) groups is 2. The molecule has 2 aromatic rings. The van der Waals surface area contributed by atoms with E-state index in [9.17, 15) is 19.7 Å². The number of hydrogen-bond acceptors (Lipinski definition) is 9. The normalized spacial score (nSPS) is 19.6. The summed E-state index contributed by atoms with van der Waals surface area (Å²) >= 11 is 0. The first-order valence-electron chi connectivity index (χ1n) is 12.2. The van der Waals surface area contributed by atoms with Crippen molar-refractivity contribution in [2.75, 3.05) is 13.9 Å². The largest absolute Gasteiger partial charge is 0.497 e. The van der Waals surface area contributed by atoms with E-state index in [1.807, 2.05) is 13.8 Å². The van der Waals surface area contributed by atoms with E-state index in [1.165, 1.54) is 12.1 Å². The van der Waals surface area contributed by atoms with E-state index >= 15 is 0 Å². The van der Waals surface area contributed by atoms with Gasteiger partial charge in [-0.1, -0.05) is 26.0 Å². The molecule has 0 amide bonds. The number of esters is 1. The van der Waals surface area contributed by atoms with Crippen molar-refractivity contribution < 1.29 is 33.5 Å². The number of ether oxygens (including phenoxy) is 4. The maximum absolute atomic E-state index is 13.6. The second-order valence-corrected chi connectivity index (χ2v) is 10.4. The number of fused-ring (bicyclic) bond motifs is 1. The lowest BCUT2D eigenvalue weighted by Crippen LogP contribution is -2.38. The van der Waals surface area contributed by atoms with Gasteiger partial charge in [-0.05, 0) is 42.5 Å². The minimum atomic E-state index is -1.01. The fourth-order valence-electron chi connectivity index (χ4n) is 5.30. The molecular formula is C28H28N2O8. The molecule has 0 saturated carbocycles. The Morgan fingerprint density at radius 3 is 2.50 bits per heavy atom. The number of Topliss-reactive ketones (excluding diaryl/α,β-unsaturated/α-hetero) is 1. The van der Waals surface area contributed by atoms with Gasteiger partial charge in [0.25, 0.3) is 5.69 Å². The van der Waals surface area contributed by atoms with E-state index in [2.05, 4.69) is 5.32 Å². The Bertz CT molecular complexity index is 1400. The maximum Gasteiger partial charge on any atom is 0.337 e. The van der Waals surface area contributed by atoms with Gasteiger partial charge < -0.3 is 24.3 Å². The van der Waals surface area contributed by atoms with Crippen molar-refractivity contribution in [1.82, 2.24) is 5.32 Å². The zero-order chi connectivity index (χ0) is 27.2. The highest BCUT2D eigenvalue weighted by molar-refractivity contribution is 6.04. The fraction of sp³-hybridized carbons (Fsp3) is 0.357. The lowest BCUT2D eigenvalue weighted by atomic mass is 9.68. The van der Waals surface area contributed by atoms with Crippen molar-refractivity contribution in [2.24, 2.45) is 5.41 Å². The molecule has 1 atom stereocenters. The van der Waals surface area contributed by atoms with E-state index in [1.54, 1.807) is 38.3 Å². The molecule has 1 N–H and O–H groups in total. The zero-order valence-corrected chi connectivity index (χ0v) is 21.6. The third kappa shape index (κ3) is 4.57. The summed E-state index contributed by atoms with van der Waals surface area (Å²) in [6, 6.07) is 9.85. The number of nitro benzene ring substituents is 1. The summed E-state index contributed by atoms with van der Waals surface area (Å²) in [5.41, 5.74) is 1.97. The third-order valence-electron chi connectivity index (χ3n) is 7.02. The number of nitrogens with zero attached hydrogens (tertiary/aromatic N) is 1. The number of nitrogens with one attached hydrogen (secondary N) is 1. The van der Waals surface area contributed by atoms with Crippen LogP contribution in [0.25, 0.3) is 0 Å². The van der Waals surface area contributed by atoms with Gasteiger partial charge in [0.05, 0.1) is 29.6 Å². The highest BCUT2D eigenvalue weighted by Crippen LogP contribution is 2.51. The molecule has 2 aromatic carbocycles. The molecule has 2 heterocycles. The monoisotopic (exact) mass is 520 g/mol. The van der Waals surface area contributed by atoms with Crippen LogP contribution in [0, 0.1) is 15.5 Å². The van der Waals surface area contributed by atoms with Crippen LogP contribution in [-0.4, -0.2) is 30.6 Å². The van der Waals surface area contributed by atoms with Crippen molar-refractivity contribution in [1.29, 1.82) is 0 Å². The molecule has 0 spiro atoms. The Labute approximate surface area is 219 Å². The van der Waals surface area contributed by atoms with Gasteiger partial charge in [0.2, 0.25) is 6.79 Å². The van der Waals surface area contributed by atoms with Crippen LogP contribution in [0.1, 0.15) is 50.7 Å². The van der Waals surface area contributed by atoms with Gasteiger partial charge in [0.15, 0.2) is 17.3 Å². The molecule has 0 bridgehead atoms. The second kappa shape index (κ2) is 9.51. The van der Waals surface area contributed by atoms with Gasteiger partial charge in [-0.15, -0.1) is 0 Å². The number of allylic oxidation sites excluding steroid dienone is 3. The van der Waals surface area contributed by atoms with Crippen molar-refractivity contribution >= 4 is 17.4 Å². The molecule has 0 radical (unpaired) electrons. The molecule has 0 saturated heterocycles. The summed E-state index contributed by atoms with van der Waals surface area (Å²) in [5.74, 6) is -0.625. The Morgan fingerprint density at radius 2 is 1.84 bits per heavy atom. The number of dihydropyridines is 1. The Balaban J connectivity index is 1.59. The Morgan fingerprint density at radius 1 is 1.16 bits per heavy atom. The lowest BCUT2D eigenvalue weighted by molar-refractivity contribution is -0.385. The standard InChI is InChI=1S/C28H28N2O8/c1-15-24(27(32)36-13-16-5-7-17(35-4)8-6-16)25(26-19(29-15)11-28(2,3)12-21(26)31)18-9-22-23(38-14-37-22)10-20(18)30(33)34/h5-10,25,29H,11-14H2,1-4H3. The van der Waals surface area contributed by atoms with Crippen LogP contribution in [0.4, 0.5) is 5.69 Å². The molecule has 2 aliphatic heterocycles. The summed E-state index contributed by atoms with van der Waals surface area (Å²) in [5, 5.41) is 15.4. The number of carbonyl (C=O) groups excluding carboxylic acids is 2. The summed E-state index contributed by atoms with van der Waals surface area (Å²) < 4.78 is 21.7. The van der Waals surface area contributed by atoms with Crippen molar-refractivity contribution in [3.8, 4) is 17.2 Å². The molecule has 5 rings (SSSR count). The highest BCUT2D eigenvalue weighted by Gasteiger charge is 2.45. The first-order chi connectivity index (χ1) is 18.1. The molecule has 1 unspecified atom stereocenters. The van der Waals surface area contributed by atoms with Crippen molar-refractivity contribution in [2.45, 2.75) is 46.1 Å². The number of nitro groups is 1. The number of hydrogen-bond donors (Lipinski definition) is 1. The van der Waals surface area contributed by atoms with E-state index in [4.69, 9.17) is 18.9 Å². The fourth-order valence-corrected chi connectivity index (χ4v) is 5.30. The number of benzene rings is 2. The predicted octanol–water partition coefficient (Wildman–Crippen LogP) is 4.68. The van der Waals surface area contributed by atoms with E-state index < -0.39 is 16.8 Å². The number of rotatable bonds is 6. The van der Waals surface area contributed by atoms with E-state index in [0.29, 0.717) is 34.9 Å². The molecule has 198 valence electrons. The minimum Gasteiger partial charge on any atom is -0.497 e. The van der Waals surface area contributed by atoms with Crippen LogP contribution in [0.2, 0.25) is 0 Å². The number of methoxy groups -OCH3 is 1. The van der Waals surface area contributed by atoms with Crippen molar-refractivity contribution in [3.05, 3.63) is 80.2 Å². The summed E-state index contributed by atoms with van der Waals surface area (Å²) in [6.45, 7) is 5.60. The van der Waals surface area contributed by atoms with Crippen LogP contribution < -0.4 is 19.5 Å². The van der Waals surface area contributed by atoms with Gasteiger partial charge in [0.1, 0.15) is 12.4 Å². The lowest BCUT2D eigenvalue weighted by Gasteiger charge is -2.39. The van der Waals surface area contributed by atoms with Crippen LogP contribution in [0.15, 0.2) is 58.9 Å². The van der Waals surface area contributed by atoms with Crippen LogP contribution in [0.5, 0.6) is 17.2 Å². The van der Waals surface area contributed by atoms with E-state index in [-0.39, 0.29) is 53.6 Å². The van der Waals surface area contributed by atoms with E-state index in [0.717, 1.165) is 5.56 Å². The van der Waals surface area contributed by atoms with Crippen LogP contribution >= 0.6 is 0 Å². The third-order valence-corrected chi connectivity index (χ3v) is 7.02. The SMILES string of the molecule is COc1ccc(COC(=O)C2=C(C)NC3=C(C(=O)CC(C)(C)C3)C2c2cc3c(cc2[N+](=O)[O-])OCO3)cc1. The summed E-state index contributed by atoms with van der Waals surface area (Å²) in [7, 11) is 1.56. The molecule has 10 nitrogen and oxygen atoms in total. The Kier molecular flexibility index (Phi) is 6.34. The average Bonchev–Trinajstić information content (AvgIpc) is 3.33. The molecule has 38 heavy (non-hydrogen) atoms. The molecule has 3 aliphatic rings. The second-order valence-electron chi connectivity index (χ2n) is 10.4. The van der Waals surface area contributed by atoms with Gasteiger partial charge in [-0.2, -0.15) is 0 Å². The summed E-state index contributed by atoms with van der Waals surface area (Å²) in [4.78, 5) is 38.8. The van der Waals surface area contributed by atoms with Gasteiger partial charge in [-0.3, -0.25) is 14.9 Å². The quantitative estimate of drug-likeness (QED) is 0.328. The number of ketones is 1. The maximum atomic E-state index is 13.6. The zero-order valence-electron chi connectivity index (χ0n) is 21.6. The first kappa shape index (κ1) is 25.3. The first-order valence-corrected chi connectivity index (χ1v) is 12.2. The Hall–Kier alpha value is -4.34. The molecule has 10 heteroatoms. The molecule has 0 fully saturated rings. The molecule has 0 aromatic heterocycles. The predicted molar refractivity (Wildman–Crippen MR) is 136 cm³/mol. The van der Waals surface area contributed by atoms with Gasteiger partial charge in [0, 0.05) is 29.0 Å². The topological polar surface area (TPSA) is 126 Å². The highest BCUT2D eigenvalue weighted by atomic mass is 16.7. The minimum absolute atomic E-state index is 0.0254. The summed E-state index contributed by atoms with van der Waals surface area (Å²) in [6.07, 6.45) is 0.796. The van der Waals surface area contributed by atoms with Crippen LogP contribution in [0.3, 0.4) is 0 Å². The van der Waals surface area contributed by atoms with Gasteiger partial charge >= 0.3 is 5.97 Å². The average molecular weight is 521 g/mol. The smallest absolute Gasteiger partial charge is 0.337 e.